The number of rotatable bonds is 9. The zero-order valence-electron chi connectivity index (χ0n) is 18.2. The number of fused-ring (bicyclic) bond motifs is 1. The predicted molar refractivity (Wildman–Crippen MR) is 128 cm³/mol. The zero-order valence-corrected chi connectivity index (χ0v) is 18.2. The molecule has 0 aromatic heterocycles. The van der Waals surface area contributed by atoms with Crippen molar-refractivity contribution >= 4 is 10.8 Å². The number of hydrogen-bond acceptors (Lipinski definition) is 1. The molecular formula is C29H25F3O. The molecule has 4 rings (SSSR count). The molecule has 0 spiro atoms. The van der Waals surface area contributed by atoms with Gasteiger partial charge in [0, 0.05) is 5.39 Å². The largest absolute Gasteiger partial charge is 0.435 e. The van der Waals surface area contributed by atoms with E-state index < -0.39 is 6.61 Å². The summed E-state index contributed by atoms with van der Waals surface area (Å²) in [5.41, 5.74) is 4.99. The molecule has 0 fully saturated rings. The molecule has 1 nitrogen and oxygen atoms in total. The lowest BCUT2D eigenvalue weighted by Gasteiger charge is -2.10. The van der Waals surface area contributed by atoms with E-state index in [-0.39, 0.29) is 11.6 Å². The molecule has 4 aromatic carbocycles. The fourth-order valence-corrected chi connectivity index (χ4v) is 3.96. The predicted octanol–water partition coefficient (Wildman–Crippen LogP) is 8.15. The molecule has 0 saturated heterocycles. The van der Waals surface area contributed by atoms with Crippen LogP contribution in [0.1, 0.15) is 23.1 Å². The Hall–Kier alpha value is -3.53. The maximum absolute atomic E-state index is 15.2. The van der Waals surface area contributed by atoms with Gasteiger partial charge in [0.15, 0.2) is 0 Å². The molecular weight excluding hydrogens is 421 g/mol. The Kier molecular flexibility index (Phi) is 7.13. The van der Waals surface area contributed by atoms with Crippen LogP contribution in [0, 0.1) is 5.82 Å². The quantitative estimate of drug-likeness (QED) is 0.236. The third-order valence-electron chi connectivity index (χ3n) is 5.79. The van der Waals surface area contributed by atoms with Gasteiger partial charge < -0.3 is 4.74 Å². The summed E-state index contributed by atoms with van der Waals surface area (Å²) >= 11 is 0. The first-order chi connectivity index (χ1) is 16.0. The van der Waals surface area contributed by atoms with Crippen molar-refractivity contribution in [1.29, 1.82) is 0 Å². The summed E-state index contributed by atoms with van der Waals surface area (Å²) in [7, 11) is 0. The average Bonchev–Trinajstić information content (AvgIpc) is 2.83. The maximum Gasteiger partial charge on any atom is 0.387 e. The Morgan fingerprint density at radius 1 is 0.758 bits per heavy atom. The van der Waals surface area contributed by atoms with Gasteiger partial charge in [-0.1, -0.05) is 66.7 Å². The molecule has 0 atom stereocenters. The van der Waals surface area contributed by atoms with E-state index in [1.807, 2.05) is 36.4 Å². The van der Waals surface area contributed by atoms with Crippen molar-refractivity contribution in [2.24, 2.45) is 0 Å². The number of ether oxygens (including phenoxy) is 1. The van der Waals surface area contributed by atoms with Crippen LogP contribution < -0.4 is 4.74 Å². The van der Waals surface area contributed by atoms with Crippen LogP contribution in [0.2, 0.25) is 0 Å². The van der Waals surface area contributed by atoms with Crippen molar-refractivity contribution in [2.45, 2.75) is 32.3 Å². The van der Waals surface area contributed by atoms with E-state index in [1.165, 1.54) is 17.7 Å². The molecule has 0 bridgehead atoms. The van der Waals surface area contributed by atoms with E-state index in [1.54, 1.807) is 12.1 Å². The minimum atomic E-state index is -2.84. The Balaban J connectivity index is 1.48. The molecule has 0 unspecified atom stereocenters. The first kappa shape index (κ1) is 22.7. The molecule has 0 heterocycles. The van der Waals surface area contributed by atoms with Gasteiger partial charge in [-0.05, 0) is 77.1 Å². The van der Waals surface area contributed by atoms with Gasteiger partial charge in [-0.15, -0.1) is 6.58 Å². The molecule has 4 heteroatoms. The van der Waals surface area contributed by atoms with E-state index in [4.69, 9.17) is 0 Å². The first-order valence-corrected chi connectivity index (χ1v) is 11.0. The number of alkyl halides is 2. The minimum absolute atomic E-state index is 0.118. The van der Waals surface area contributed by atoms with Gasteiger partial charge in [-0.3, -0.25) is 0 Å². The van der Waals surface area contributed by atoms with Crippen molar-refractivity contribution in [3.63, 3.8) is 0 Å². The highest BCUT2D eigenvalue weighted by atomic mass is 19.3. The SMILES string of the molecule is C=CCCc1ccc(-c2ccc3c(F)c(CCc4ccc(OC(F)F)cc4)ccc3c2)cc1. The van der Waals surface area contributed by atoms with Crippen LogP contribution in [0.5, 0.6) is 5.75 Å². The lowest BCUT2D eigenvalue weighted by Crippen LogP contribution is -2.02. The van der Waals surface area contributed by atoms with Crippen LogP contribution in [-0.2, 0) is 19.3 Å². The van der Waals surface area contributed by atoms with E-state index in [9.17, 15) is 8.78 Å². The smallest absolute Gasteiger partial charge is 0.387 e. The highest BCUT2D eigenvalue weighted by molar-refractivity contribution is 5.88. The standard InChI is InChI=1S/C29H25F3O/c1-2-3-4-20-5-10-22(11-6-20)24-15-18-27-25(19-24)14-13-23(28(27)30)12-7-21-8-16-26(17-9-21)33-29(31)32/h2,5-6,8-11,13-19,29H,1,3-4,7,12H2. The summed E-state index contributed by atoms with van der Waals surface area (Å²) in [6, 6.07) is 24.5. The van der Waals surface area contributed by atoms with Gasteiger partial charge in [0.05, 0.1) is 0 Å². The maximum atomic E-state index is 15.2. The molecule has 0 N–H and O–H groups in total. The number of hydrogen-bond donors (Lipinski definition) is 0. The summed E-state index contributed by atoms with van der Waals surface area (Å²) in [5, 5.41) is 1.46. The molecule has 0 aliphatic rings. The molecule has 0 radical (unpaired) electrons. The van der Waals surface area contributed by atoms with Gasteiger partial charge in [0.2, 0.25) is 0 Å². The second-order valence-corrected chi connectivity index (χ2v) is 8.02. The molecule has 0 amide bonds. The van der Waals surface area contributed by atoms with E-state index in [0.29, 0.717) is 23.8 Å². The summed E-state index contributed by atoms with van der Waals surface area (Å²) < 4.78 is 44.1. The first-order valence-electron chi connectivity index (χ1n) is 11.0. The normalized spacial score (nSPS) is 11.2. The van der Waals surface area contributed by atoms with Crippen LogP contribution in [0.25, 0.3) is 21.9 Å². The lowest BCUT2D eigenvalue weighted by atomic mass is 9.96. The number of benzene rings is 4. The highest BCUT2D eigenvalue weighted by Gasteiger charge is 2.10. The Labute approximate surface area is 192 Å². The van der Waals surface area contributed by atoms with Gasteiger partial charge in [0.25, 0.3) is 0 Å². The summed E-state index contributed by atoms with van der Waals surface area (Å²) in [5.74, 6) is -0.0932. The number of allylic oxidation sites excluding steroid dienone is 1. The van der Waals surface area contributed by atoms with Crippen LogP contribution in [0.3, 0.4) is 0 Å². The topological polar surface area (TPSA) is 9.23 Å². The second kappa shape index (κ2) is 10.4. The van der Waals surface area contributed by atoms with Gasteiger partial charge in [-0.25, -0.2) is 4.39 Å². The van der Waals surface area contributed by atoms with E-state index in [0.717, 1.165) is 34.9 Å². The van der Waals surface area contributed by atoms with Gasteiger partial charge in [0.1, 0.15) is 11.6 Å². The Morgan fingerprint density at radius 2 is 1.42 bits per heavy atom. The van der Waals surface area contributed by atoms with Crippen LogP contribution in [-0.4, -0.2) is 6.61 Å². The second-order valence-electron chi connectivity index (χ2n) is 8.02. The Morgan fingerprint density at radius 3 is 2.12 bits per heavy atom. The molecule has 0 saturated carbocycles. The monoisotopic (exact) mass is 446 g/mol. The fourth-order valence-electron chi connectivity index (χ4n) is 3.96. The van der Waals surface area contributed by atoms with Crippen molar-refractivity contribution in [1.82, 2.24) is 0 Å². The van der Waals surface area contributed by atoms with Gasteiger partial charge in [-0.2, -0.15) is 8.78 Å². The molecule has 0 aliphatic carbocycles. The van der Waals surface area contributed by atoms with Crippen LogP contribution in [0.15, 0.2) is 91.5 Å². The van der Waals surface area contributed by atoms with Crippen molar-refractivity contribution in [3.8, 4) is 16.9 Å². The van der Waals surface area contributed by atoms with E-state index in [2.05, 4.69) is 35.6 Å². The highest BCUT2D eigenvalue weighted by Crippen LogP contribution is 2.28. The number of aryl methyl sites for hydroxylation is 3. The zero-order chi connectivity index (χ0) is 23.2. The molecule has 4 aromatic rings. The van der Waals surface area contributed by atoms with E-state index >= 15 is 4.39 Å². The van der Waals surface area contributed by atoms with Crippen molar-refractivity contribution in [2.75, 3.05) is 0 Å². The fraction of sp³-hybridized carbons (Fsp3) is 0.172. The molecule has 168 valence electrons. The number of halogens is 3. The van der Waals surface area contributed by atoms with Gasteiger partial charge >= 0.3 is 6.61 Å². The van der Waals surface area contributed by atoms with Crippen molar-refractivity contribution < 1.29 is 17.9 Å². The molecule has 33 heavy (non-hydrogen) atoms. The minimum Gasteiger partial charge on any atom is -0.435 e. The Bertz CT molecular complexity index is 1230. The average molecular weight is 447 g/mol. The van der Waals surface area contributed by atoms with Crippen LogP contribution in [0.4, 0.5) is 13.2 Å². The third-order valence-corrected chi connectivity index (χ3v) is 5.79. The van der Waals surface area contributed by atoms with Crippen LogP contribution >= 0.6 is 0 Å². The lowest BCUT2D eigenvalue weighted by molar-refractivity contribution is -0.0498. The van der Waals surface area contributed by atoms with Crippen molar-refractivity contribution in [3.05, 3.63) is 114 Å². The summed E-state index contributed by atoms with van der Waals surface area (Å²) in [6.45, 7) is 0.921. The third kappa shape index (κ3) is 5.64. The molecule has 0 aliphatic heterocycles. The summed E-state index contributed by atoms with van der Waals surface area (Å²) in [4.78, 5) is 0. The summed E-state index contributed by atoms with van der Waals surface area (Å²) in [6.07, 6.45) is 4.97.